The predicted molar refractivity (Wildman–Crippen MR) is 129 cm³/mol. The topological polar surface area (TPSA) is 76.4 Å². The van der Waals surface area contributed by atoms with Gasteiger partial charge in [-0.05, 0) is 56.2 Å². The number of aliphatic imine (C=N–C) groups is 1. The van der Waals surface area contributed by atoms with Gasteiger partial charge in [0.05, 0.1) is 23.4 Å². The molecular weight excluding hydrogens is 422 g/mol. The molecule has 0 saturated carbocycles. The first-order valence-corrected chi connectivity index (χ1v) is 12.0. The maximum atomic E-state index is 13.0. The second-order valence-corrected chi connectivity index (χ2v) is 9.49. The first-order chi connectivity index (χ1) is 15.5. The van der Waals surface area contributed by atoms with Crippen molar-refractivity contribution >= 4 is 28.5 Å². The highest BCUT2D eigenvalue weighted by atomic mass is 32.1. The number of rotatable bonds is 7. The molecule has 3 aromatic rings. The summed E-state index contributed by atoms with van der Waals surface area (Å²) in [5.41, 5.74) is 3.47. The monoisotopic (exact) mass is 451 g/mol. The van der Waals surface area contributed by atoms with Gasteiger partial charge in [-0.15, -0.1) is 11.3 Å². The summed E-state index contributed by atoms with van der Waals surface area (Å²) in [5, 5.41) is 3.75. The van der Waals surface area contributed by atoms with Crippen molar-refractivity contribution < 1.29 is 9.53 Å². The fraction of sp³-hybridized carbons (Fsp3) is 0.400. The van der Waals surface area contributed by atoms with E-state index >= 15 is 0 Å². The van der Waals surface area contributed by atoms with Gasteiger partial charge in [-0.25, -0.2) is 14.5 Å². The fourth-order valence-corrected chi connectivity index (χ4v) is 5.36. The van der Waals surface area contributed by atoms with Crippen LogP contribution in [-0.4, -0.2) is 28.6 Å². The minimum Gasteiger partial charge on any atom is -0.462 e. The molecule has 1 atom stereocenters. The number of unbranched alkanes of at least 4 members (excludes halogenated alkanes) is 1. The van der Waals surface area contributed by atoms with Gasteiger partial charge in [0.25, 0.3) is 5.56 Å². The number of para-hydroxylation sites is 1. The van der Waals surface area contributed by atoms with Crippen LogP contribution in [0.2, 0.25) is 0 Å². The SMILES string of the molecule is CCCCOC(=O)c1c(N=Cc2c(C)[nH]n(-c3ccccc3)c2=O)sc2c1CC[C@@H](C)C2. The number of aromatic nitrogens is 2. The normalized spacial score (nSPS) is 15.8. The summed E-state index contributed by atoms with van der Waals surface area (Å²) in [7, 11) is 0. The van der Waals surface area contributed by atoms with Crippen LogP contribution < -0.4 is 5.56 Å². The van der Waals surface area contributed by atoms with Gasteiger partial charge in [0.15, 0.2) is 0 Å². The number of hydrogen-bond acceptors (Lipinski definition) is 5. The zero-order valence-electron chi connectivity index (χ0n) is 18.8. The van der Waals surface area contributed by atoms with Gasteiger partial charge in [-0.3, -0.25) is 9.89 Å². The highest BCUT2D eigenvalue weighted by Gasteiger charge is 2.28. The van der Waals surface area contributed by atoms with Crippen LogP contribution in [0.5, 0.6) is 0 Å². The number of carbonyl (C=O) groups is 1. The number of ether oxygens (including phenoxy) is 1. The summed E-state index contributed by atoms with van der Waals surface area (Å²) in [6.07, 6.45) is 6.27. The van der Waals surface area contributed by atoms with Gasteiger partial charge >= 0.3 is 5.97 Å². The number of hydrogen-bond donors (Lipinski definition) is 1. The molecule has 0 aliphatic heterocycles. The maximum absolute atomic E-state index is 13.0. The Kier molecular flexibility index (Phi) is 6.74. The zero-order valence-corrected chi connectivity index (χ0v) is 19.6. The number of esters is 1. The van der Waals surface area contributed by atoms with Crippen LogP contribution in [0.25, 0.3) is 5.69 Å². The predicted octanol–water partition coefficient (Wildman–Crippen LogP) is 5.37. The second-order valence-electron chi connectivity index (χ2n) is 8.41. The van der Waals surface area contributed by atoms with Gasteiger partial charge in [0.1, 0.15) is 5.00 Å². The van der Waals surface area contributed by atoms with Gasteiger partial charge in [0.2, 0.25) is 0 Å². The van der Waals surface area contributed by atoms with Gasteiger partial charge < -0.3 is 4.74 Å². The number of nitrogens with one attached hydrogen (secondary N) is 1. The number of carbonyl (C=O) groups excluding carboxylic acids is 1. The third-order valence-corrected chi connectivity index (χ3v) is 7.03. The van der Waals surface area contributed by atoms with Crippen molar-refractivity contribution in [3.8, 4) is 5.69 Å². The summed E-state index contributed by atoms with van der Waals surface area (Å²) in [6.45, 7) is 6.57. The quantitative estimate of drug-likeness (QED) is 0.298. The Balaban J connectivity index is 1.69. The largest absolute Gasteiger partial charge is 0.462 e. The lowest BCUT2D eigenvalue weighted by molar-refractivity contribution is 0.0499. The molecule has 7 heteroatoms. The number of aryl methyl sites for hydroxylation is 1. The summed E-state index contributed by atoms with van der Waals surface area (Å²) in [5.74, 6) is 0.289. The van der Waals surface area contributed by atoms with E-state index in [1.165, 1.54) is 9.56 Å². The molecule has 1 aliphatic carbocycles. The molecule has 0 radical (unpaired) electrons. The van der Waals surface area contributed by atoms with Crippen LogP contribution in [0.4, 0.5) is 5.00 Å². The number of H-pyrrole nitrogens is 1. The summed E-state index contributed by atoms with van der Waals surface area (Å²) in [4.78, 5) is 31.8. The average Bonchev–Trinajstić information content (AvgIpc) is 3.29. The molecule has 0 unspecified atom stereocenters. The molecule has 168 valence electrons. The van der Waals surface area contributed by atoms with E-state index in [9.17, 15) is 9.59 Å². The van der Waals surface area contributed by atoms with Crippen molar-refractivity contribution in [2.75, 3.05) is 6.61 Å². The Labute approximate surface area is 191 Å². The smallest absolute Gasteiger partial charge is 0.341 e. The fourth-order valence-electron chi connectivity index (χ4n) is 4.01. The molecule has 1 N–H and O–H groups in total. The van der Waals surface area contributed by atoms with Crippen LogP contribution >= 0.6 is 11.3 Å². The van der Waals surface area contributed by atoms with E-state index in [0.717, 1.165) is 49.0 Å². The minimum absolute atomic E-state index is 0.167. The van der Waals surface area contributed by atoms with E-state index in [1.54, 1.807) is 17.6 Å². The highest BCUT2D eigenvalue weighted by Crippen LogP contribution is 2.41. The molecule has 1 aliphatic rings. The number of aromatic amines is 1. The number of benzene rings is 1. The van der Waals surface area contributed by atoms with Crippen molar-refractivity contribution in [3.05, 3.63) is 67.9 Å². The van der Waals surface area contributed by atoms with Crippen LogP contribution in [0.15, 0.2) is 40.1 Å². The van der Waals surface area contributed by atoms with E-state index in [2.05, 4.69) is 23.9 Å². The summed E-state index contributed by atoms with van der Waals surface area (Å²) >= 11 is 1.55. The molecule has 0 saturated heterocycles. The minimum atomic E-state index is -0.301. The molecular formula is C25H29N3O3S. The van der Waals surface area contributed by atoms with E-state index in [0.29, 0.717) is 28.7 Å². The first-order valence-electron chi connectivity index (χ1n) is 11.2. The van der Waals surface area contributed by atoms with Crippen molar-refractivity contribution in [1.29, 1.82) is 0 Å². The molecule has 2 heterocycles. The van der Waals surface area contributed by atoms with E-state index in [4.69, 9.17) is 4.74 Å². The standard InChI is InChI=1S/C25H29N3O3S/c1-4-5-13-31-25(30)22-19-12-11-16(2)14-21(19)32-23(22)26-15-20-17(3)27-28(24(20)29)18-9-7-6-8-10-18/h6-10,15-16,27H,4-5,11-14H2,1-3H3/t16-/m1/s1. The van der Waals surface area contributed by atoms with Gasteiger partial charge in [-0.2, -0.15) is 0 Å². The molecule has 0 spiro atoms. The van der Waals surface area contributed by atoms with Crippen molar-refractivity contribution in [2.24, 2.45) is 10.9 Å². The Hall–Kier alpha value is -2.93. The Morgan fingerprint density at radius 3 is 2.88 bits per heavy atom. The van der Waals surface area contributed by atoms with Crippen molar-refractivity contribution in [3.63, 3.8) is 0 Å². The van der Waals surface area contributed by atoms with Crippen LogP contribution in [-0.2, 0) is 17.6 Å². The molecule has 32 heavy (non-hydrogen) atoms. The van der Waals surface area contributed by atoms with Crippen LogP contribution in [0, 0.1) is 12.8 Å². The van der Waals surface area contributed by atoms with E-state index < -0.39 is 0 Å². The van der Waals surface area contributed by atoms with Crippen LogP contribution in [0.3, 0.4) is 0 Å². The Morgan fingerprint density at radius 1 is 1.34 bits per heavy atom. The van der Waals surface area contributed by atoms with E-state index in [1.807, 2.05) is 37.3 Å². The maximum Gasteiger partial charge on any atom is 0.341 e. The Bertz CT molecular complexity index is 1190. The summed E-state index contributed by atoms with van der Waals surface area (Å²) < 4.78 is 7.06. The third-order valence-electron chi connectivity index (χ3n) is 5.87. The second kappa shape index (κ2) is 9.69. The highest BCUT2D eigenvalue weighted by molar-refractivity contribution is 7.16. The molecule has 1 aromatic carbocycles. The molecule has 0 bridgehead atoms. The molecule has 2 aromatic heterocycles. The number of thiophene rings is 1. The average molecular weight is 452 g/mol. The lowest BCUT2D eigenvalue weighted by atomic mass is 9.88. The number of nitrogens with zero attached hydrogens (tertiary/aromatic N) is 2. The summed E-state index contributed by atoms with van der Waals surface area (Å²) in [6, 6.07) is 9.43. The first kappa shape index (κ1) is 22.3. The molecule has 4 rings (SSSR count). The van der Waals surface area contributed by atoms with Crippen molar-refractivity contribution in [1.82, 2.24) is 9.78 Å². The Morgan fingerprint density at radius 2 is 2.12 bits per heavy atom. The molecule has 6 nitrogen and oxygen atoms in total. The van der Waals surface area contributed by atoms with Gasteiger partial charge in [0, 0.05) is 16.8 Å². The number of fused-ring (bicyclic) bond motifs is 1. The van der Waals surface area contributed by atoms with Crippen LogP contribution in [0.1, 0.15) is 65.2 Å². The molecule has 0 fully saturated rings. The lowest BCUT2D eigenvalue weighted by Crippen LogP contribution is -2.17. The van der Waals surface area contributed by atoms with E-state index in [-0.39, 0.29) is 11.5 Å². The lowest BCUT2D eigenvalue weighted by Gasteiger charge is -2.18. The van der Waals surface area contributed by atoms with Gasteiger partial charge in [-0.1, -0.05) is 38.5 Å². The molecule has 0 amide bonds. The van der Waals surface area contributed by atoms with Crippen molar-refractivity contribution in [2.45, 2.75) is 52.9 Å². The zero-order chi connectivity index (χ0) is 22.7. The third kappa shape index (κ3) is 4.48.